The minimum Gasteiger partial charge on any atom is -0.432 e. The summed E-state index contributed by atoms with van der Waals surface area (Å²) < 4.78 is 23.7. The number of carbonyl (C=O) groups is 1. The van der Waals surface area contributed by atoms with Crippen LogP contribution >= 0.6 is 0 Å². The Morgan fingerprint density at radius 1 is 0.778 bits per heavy atom. The molecular formula is C41H66O13. The molecule has 2 saturated heterocycles. The Balaban J connectivity index is 1.18. The third-order valence-corrected chi connectivity index (χ3v) is 17.0. The second kappa shape index (κ2) is 13.7. The van der Waals surface area contributed by atoms with Crippen molar-refractivity contribution < 1.29 is 64.6 Å². The van der Waals surface area contributed by atoms with Crippen molar-refractivity contribution in [3.63, 3.8) is 0 Å². The first-order valence-corrected chi connectivity index (χ1v) is 20.3. The molecule has 13 nitrogen and oxygen atoms in total. The van der Waals surface area contributed by atoms with E-state index in [0.717, 1.165) is 37.7 Å². The van der Waals surface area contributed by atoms with Gasteiger partial charge < -0.3 is 59.8 Å². The normalized spacial score (nSPS) is 53.9. The van der Waals surface area contributed by atoms with Crippen molar-refractivity contribution >= 4 is 5.97 Å². The molecule has 7 rings (SSSR count). The van der Waals surface area contributed by atoms with Crippen LogP contribution in [-0.4, -0.2) is 128 Å². The summed E-state index contributed by atoms with van der Waals surface area (Å²) in [6.07, 6.45) is -4.89. The Morgan fingerprint density at radius 2 is 1.44 bits per heavy atom. The van der Waals surface area contributed by atoms with Crippen LogP contribution in [0.15, 0.2) is 11.6 Å². The molecule has 0 aromatic rings. The van der Waals surface area contributed by atoms with E-state index in [1.807, 2.05) is 13.8 Å². The van der Waals surface area contributed by atoms with Gasteiger partial charge in [-0.2, -0.15) is 0 Å². The van der Waals surface area contributed by atoms with Crippen LogP contribution in [-0.2, 0) is 23.7 Å². The Morgan fingerprint density at radius 3 is 2.13 bits per heavy atom. The lowest BCUT2D eigenvalue weighted by molar-refractivity contribution is -0.308. The predicted octanol–water partition coefficient (Wildman–Crippen LogP) is 1.93. The molecule has 13 heteroatoms. The van der Waals surface area contributed by atoms with Crippen LogP contribution in [0.4, 0.5) is 0 Å². The monoisotopic (exact) mass is 766 g/mol. The van der Waals surface area contributed by atoms with Crippen molar-refractivity contribution in [1.82, 2.24) is 0 Å². The summed E-state index contributed by atoms with van der Waals surface area (Å²) in [6, 6.07) is 0. The van der Waals surface area contributed by atoms with Gasteiger partial charge in [0.05, 0.1) is 30.8 Å². The first kappa shape index (κ1) is 40.9. The molecule has 0 aromatic carbocycles. The van der Waals surface area contributed by atoms with Gasteiger partial charge in [-0.15, -0.1) is 0 Å². The molecule has 7 aliphatic rings. The second-order valence-electron chi connectivity index (χ2n) is 20.2. The van der Waals surface area contributed by atoms with Crippen molar-refractivity contribution in [3.8, 4) is 0 Å². The zero-order valence-electron chi connectivity index (χ0n) is 33.1. The van der Waals surface area contributed by atoms with Crippen LogP contribution in [0, 0.1) is 50.2 Å². The highest BCUT2D eigenvalue weighted by Gasteiger charge is 2.71. The van der Waals surface area contributed by atoms with Gasteiger partial charge in [0, 0.05) is 5.92 Å². The molecule has 0 amide bonds. The van der Waals surface area contributed by atoms with E-state index in [1.165, 1.54) is 0 Å². The standard InChI is InChI=1S/C41H66O13/c1-36(2)14-16-41(35(50)54-34-31(48)29(46)28(45)22(18-42)52-34)17-15-39(6)20(26(41)32(36)49)8-9-24-38(5)12-11-25(37(3,4)23(38)10-13-40(24,39)7)53-33-30(47)27(44)21(43)19-51-33/h8,21-34,42-49H,9-19H2,1-7H3/t21-,22+,23-,24+,25-,26+,27-,28+,29-,30+,31+,32-,33-,34-,38-,39+,40+,41-/m0/s1. The number of ether oxygens (including phenoxy) is 4. The number of hydrogen-bond donors (Lipinski definition) is 8. The van der Waals surface area contributed by atoms with Gasteiger partial charge in [0.25, 0.3) is 0 Å². The molecule has 0 bridgehead atoms. The quantitative estimate of drug-likeness (QED) is 0.114. The number of allylic oxidation sites excluding steroid dienone is 1. The number of rotatable bonds is 5. The summed E-state index contributed by atoms with van der Waals surface area (Å²) in [5.41, 5.74) is -1.34. The van der Waals surface area contributed by atoms with Crippen molar-refractivity contribution in [2.24, 2.45) is 50.2 Å². The van der Waals surface area contributed by atoms with Crippen molar-refractivity contribution in [2.75, 3.05) is 13.2 Å². The molecule has 308 valence electrons. The second-order valence-corrected chi connectivity index (χ2v) is 20.2. The lowest BCUT2D eigenvalue weighted by Gasteiger charge is -2.71. The van der Waals surface area contributed by atoms with E-state index in [-0.39, 0.29) is 40.3 Å². The molecular weight excluding hydrogens is 700 g/mol. The Hall–Kier alpha value is -1.23. The van der Waals surface area contributed by atoms with Crippen molar-refractivity contribution in [1.29, 1.82) is 0 Å². The molecule has 5 aliphatic carbocycles. The molecule has 8 N–H and O–H groups in total. The maximum Gasteiger partial charge on any atom is 0.315 e. The number of carbonyl (C=O) groups excluding carboxylic acids is 1. The molecule has 6 fully saturated rings. The van der Waals surface area contributed by atoms with E-state index in [2.05, 4.69) is 40.7 Å². The lowest BCUT2D eigenvalue weighted by atomic mass is 9.33. The summed E-state index contributed by atoms with van der Waals surface area (Å²) in [7, 11) is 0. The number of esters is 1. The molecule has 2 heterocycles. The molecule has 18 atom stereocenters. The number of hydrogen-bond acceptors (Lipinski definition) is 13. The van der Waals surface area contributed by atoms with E-state index < -0.39 is 90.7 Å². The highest BCUT2D eigenvalue weighted by molar-refractivity contribution is 5.79. The fourth-order valence-corrected chi connectivity index (χ4v) is 13.3. The van der Waals surface area contributed by atoms with Gasteiger partial charge in [-0.05, 0) is 96.7 Å². The topological polar surface area (TPSA) is 216 Å². The van der Waals surface area contributed by atoms with Crippen LogP contribution in [0.2, 0.25) is 0 Å². The van der Waals surface area contributed by atoms with Gasteiger partial charge in [0.2, 0.25) is 6.29 Å². The van der Waals surface area contributed by atoms with Crippen LogP contribution < -0.4 is 0 Å². The average Bonchev–Trinajstić information content (AvgIpc) is 3.11. The van der Waals surface area contributed by atoms with Crippen LogP contribution in [0.1, 0.15) is 106 Å². The first-order chi connectivity index (χ1) is 25.1. The third-order valence-electron chi connectivity index (χ3n) is 17.0. The van der Waals surface area contributed by atoms with Gasteiger partial charge in [-0.25, -0.2) is 0 Å². The van der Waals surface area contributed by atoms with Crippen LogP contribution in [0.25, 0.3) is 0 Å². The van der Waals surface area contributed by atoms with E-state index in [1.54, 1.807) is 0 Å². The van der Waals surface area contributed by atoms with Crippen LogP contribution in [0.3, 0.4) is 0 Å². The third kappa shape index (κ3) is 5.76. The highest BCUT2D eigenvalue weighted by atomic mass is 16.7. The summed E-state index contributed by atoms with van der Waals surface area (Å²) in [6.45, 7) is 15.0. The molecule has 0 radical (unpaired) electrons. The zero-order chi connectivity index (χ0) is 39.6. The average molecular weight is 767 g/mol. The smallest absolute Gasteiger partial charge is 0.315 e. The maximum atomic E-state index is 14.6. The Bertz CT molecular complexity index is 1470. The molecule has 2 aliphatic heterocycles. The van der Waals surface area contributed by atoms with E-state index in [9.17, 15) is 45.6 Å². The van der Waals surface area contributed by atoms with Gasteiger partial charge in [0.1, 0.15) is 42.7 Å². The predicted molar refractivity (Wildman–Crippen MR) is 193 cm³/mol. The molecule has 4 saturated carbocycles. The molecule has 0 unspecified atom stereocenters. The molecule has 0 aromatic heterocycles. The number of aliphatic hydroxyl groups is 8. The van der Waals surface area contributed by atoms with Gasteiger partial charge in [-0.1, -0.05) is 60.1 Å². The Kier molecular flexibility index (Phi) is 10.4. The van der Waals surface area contributed by atoms with Crippen molar-refractivity contribution in [3.05, 3.63) is 11.6 Å². The summed E-state index contributed by atoms with van der Waals surface area (Å²) in [5.74, 6) is -0.566. The van der Waals surface area contributed by atoms with Gasteiger partial charge in [0.15, 0.2) is 6.29 Å². The minimum atomic E-state index is -1.71. The fraction of sp³-hybridized carbons (Fsp3) is 0.927. The number of aliphatic hydroxyl groups excluding tert-OH is 8. The molecule has 54 heavy (non-hydrogen) atoms. The van der Waals surface area contributed by atoms with Crippen LogP contribution in [0.5, 0.6) is 0 Å². The van der Waals surface area contributed by atoms with E-state index in [0.29, 0.717) is 31.6 Å². The maximum absolute atomic E-state index is 14.6. The lowest BCUT2D eigenvalue weighted by Crippen LogP contribution is -2.67. The summed E-state index contributed by atoms with van der Waals surface area (Å²) in [5, 5.41) is 84.6. The fourth-order valence-electron chi connectivity index (χ4n) is 13.3. The van der Waals surface area contributed by atoms with Crippen molar-refractivity contribution in [2.45, 2.75) is 174 Å². The SMILES string of the molecule is CC1(C)CC[C@]2(C(=O)O[C@@H]3O[C@H](CO)[C@@H](O)[C@H](O)[C@H]3O)CC[C@]3(C)C(=CC[C@@H]4[C@@]5(C)CC[C@H](O[C@@H]6OC[C@H](O)[C@H](O)[C@H]6O)C(C)(C)[C@@H]5CC[C@]43C)[C@@H]2[C@@H]1O. The highest BCUT2D eigenvalue weighted by Crippen LogP contribution is 2.76. The van der Waals surface area contributed by atoms with E-state index >= 15 is 0 Å². The summed E-state index contributed by atoms with van der Waals surface area (Å²) in [4.78, 5) is 14.6. The van der Waals surface area contributed by atoms with E-state index in [4.69, 9.17) is 18.9 Å². The summed E-state index contributed by atoms with van der Waals surface area (Å²) >= 11 is 0. The number of fused-ring (bicyclic) bond motifs is 7. The zero-order valence-corrected chi connectivity index (χ0v) is 33.1. The first-order valence-electron chi connectivity index (χ1n) is 20.3. The molecule has 0 spiro atoms. The van der Waals surface area contributed by atoms with Gasteiger partial charge in [-0.3, -0.25) is 4.79 Å². The Labute approximate surface area is 319 Å². The largest absolute Gasteiger partial charge is 0.432 e. The minimum absolute atomic E-state index is 0.0653. The van der Waals surface area contributed by atoms with Gasteiger partial charge >= 0.3 is 5.97 Å².